The molecule has 2 N–H and O–H groups in total. The van der Waals surface area contributed by atoms with Gasteiger partial charge < -0.3 is 9.88 Å². The number of fused-ring (bicyclic) bond motifs is 2. The van der Waals surface area contributed by atoms with Gasteiger partial charge >= 0.3 is 0 Å². The van der Waals surface area contributed by atoms with Gasteiger partial charge in [0.1, 0.15) is 5.69 Å². The van der Waals surface area contributed by atoms with Crippen LogP contribution in [0.1, 0.15) is 5.56 Å². The second-order valence-electron chi connectivity index (χ2n) is 8.65. The van der Waals surface area contributed by atoms with E-state index in [0.29, 0.717) is 0 Å². The van der Waals surface area contributed by atoms with Crippen LogP contribution in [0.3, 0.4) is 0 Å². The first kappa shape index (κ1) is 20.3. The highest BCUT2D eigenvalue weighted by molar-refractivity contribution is 5.98. The van der Waals surface area contributed by atoms with Crippen LogP contribution in [-0.4, -0.2) is 49.1 Å². The summed E-state index contributed by atoms with van der Waals surface area (Å²) in [7, 11) is 4.12. The Labute approximate surface area is 196 Å². The van der Waals surface area contributed by atoms with E-state index in [9.17, 15) is 0 Å². The first-order valence-corrected chi connectivity index (χ1v) is 11.1. The van der Waals surface area contributed by atoms with E-state index in [-0.39, 0.29) is 0 Å². The predicted octanol–water partition coefficient (Wildman–Crippen LogP) is 5.29. The van der Waals surface area contributed by atoms with E-state index in [2.05, 4.69) is 68.4 Å². The quantitative estimate of drug-likeness (QED) is 0.376. The fourth-order valence-electron chi connectivity index (χ4n) is 4.34. The molecular formula is C27H23N7. The maximum Gasteiger partial charge on any atom is 0.159 e. The lowest BCUT2D eigenvalue weighted by atomic mass is 10.0. The zero-order valence-electron chi connectivity index (χ0n) is 18.9. The van der Waals surface area contributed by atoms with E-state index in [0.717, 1.165) is 62.4 Å². The van der Waals surface area contributed by atoms with Crippen molar-refractivity contribution < 1.29 is 0 Å². The van der Waals surface area contributed by atoms with Crippen molar-refractivity contribution in [3.05, 3.63) is 84.8 Å². The van der Waals surface area contributed by atoms with Crippen LogP contribution in [-0.2, 0) is 6.54 Å². The van der Waals surface area contributed by atoms with Crippen LogP contribution in [0.25, 0.3) is 55.8 Å². The number of imidazole rings is 1. The average Bonchev–Trinajstić information content (AvgIpc) is 3.48. The van der Waals surface area contributed by atoms with Gasteiger partial charge in [0, 0.05) is 41.6 Å². The van der Waals surface area contributed by atoms with Gasteiger partial charge in [0.2, 0.25) is 0 Å². The maximum atomic E-state index is 4.93. The number of aromatic nitrogens is 6. The standard InChI is InChI=1S/C27H23N7/c1-34(2)16-17-12-19(15-28-14-17)18-9-10-23-21(13-18)26(33-32-23)27-30-24-8-5-6-20(25(24)31-27)22-7-3-4-11-29-22/h3-15H,16H2,1-2H3,(H,30,31)(H,32,33). The molecule has 0 aliphatic heterocycles. The van der Waals surface area contributed by atoms with E-state index in [1.54, 1.807) is 6.20 Å². The Morgan fingerprint density at radius 1 is 0.882 bits per heavy atom. The molecule has 0 unspecified atom stereocenters. The van der Waals surface area contributed by atoms with Crippen LogP contribution in [0.4, 0.5) is 0 Å². The number of nitrogens with one attached hydrogen (secondary N) is 2. The highest BCUT2D eigenvalue weighted by Gasteiger charge is 2.16. The number of benzene rings is 2. The average molecular weight is 446 g/mol. The summed E-state index contributed by atoms with van der Waals surface area (Å²) in [4.78, 5) is 19.5. The summed E-state index contributed by atoms with van der Waals surface area (Å²) in [6, 6.07) is 20.5. The highest BCUT2D eigenvalue weighted by atomic mass is 15.1. The fourth-order valence-corrected chi connectivity index (χ4v) is 4.34. The predicted molar refractivity (Wildman–Crippen MR) is 135 cm³/mol. The van der Waals surface area contributed by atoms with Crippen LogP contribution >= 0.6 is 0 Å². The van der Waals surface area contributed by atoms with Crippen molar-refractivity contribution in [2.45, 2.75) is 6.54 Å². The molecule has 166 valence electrons. The third-order valence-corrected chi connectivity index (χ3v) is 5.87. The molecule has 7 nitrogen and oxygen atoms in total. The molecule has 0 aliphatic rings. The third kappa shape index (κ3) is 3.62. The minimum atomic E-state index is 0.723. The highest BCUT2D eigenvalue weighted by Crippen LogP contribution is 2.32. The van der Waals surface area contributed by atoms with E-state index in [1.165, 1.54) is 5.56 Å². The summed E-state index contributed by atoms with van der Waals surface area (Å²) >= 11 is 0. The molecule has 0 radical (unpaired) electrons. The van der Waals surface area contributed by atoms with Crippen molar-refractivity contribution in [2.75, 3.05) is 14.1 Å². The Morgan fingerprint density at radius 2 is 1.82 bits per heavy atom. The Bertz CT molecular complexity index is 1610. The van der Waals surface area contributed by atoms with Crippen molar-refractivity contribution in [3.63, 3.8) is 0 Å². The molecule has 7 heteroatoms. The van der Waals surface area contributed by atoms with Gasteiger partial charge in [-0.1, -0.05) is 24.3 Å². The van der Waals surface area contributed by atoms with E-state index in [4.69, 9.17) is 4.98 Å². The van der Waals surface area contributed by atoms with Gasteiger partial charge in [-0.2, -0.15) is 5.10 Å². The Kier molecular flexibility index (Phi) is 4.89. The second kappa shape index (κ2) is 8.20. The molecule has 4 heterocycles. The molecule has 6 rings (SSSR count). The lowest BCUT2D eigenvalue weighted by Gasteiger charge is -2.10. The van der Waals surface area contributed by atoms with Crippen molar-refractivity contribution in [2.24, 2.45) is 0 Å². The second-order valence-corrected chi connectivity index (χ2v) is 8.65. The largest absolute Gasteiger partial charge is 0.337 e. The van der Waals surface area contributed by atoms with Crippen LogP contribution in [0.5, 0.6) is 0 Å². The summed E-state index contributed by atoms with van der Waals surface area (Å²) in [5.41, 5.74) is 8.81. The third-order valence-electron chi connectivity index (χ3n) is 5.87. The summed E-state index contributed by atoms with van der Waals surface area (Å²) < 4.78 is 0. The molecule has 0 amide bonds. The molecule has 0 aliphatic carbocycles. The Balaban J connectivity index is 1.45. The lowest BCUT2D eigenvalue weighted by molar-refractivity contribution is 0.402. The van der Waals surface area contributed by atoms with Gasteiger partial charge in [-0.3, -0.25) is 15.1 Å². The van der Waals surface area contributed by atoms with Crippen LogP contribution in [0.15, 0.2) is 79.3 Å². The number of aromatic amines is 2. The minimum Gasteiger partial charge on any atom is -0.337 e. The van der Waals surface area contributed by atoms with Gasteiger partial charge in [-0.05, 0) is 61.6 Å². The fraction of sp³-hybridized carbons (Fsp3) is 0.111. The normalized spacial score (nSPS) is 11.6. The SMILES string of the molecule is CN(C)Cc1cncc(-c2ccc3[nH]nc(-c4nc5c(-c6ccccn6)cccc5[nH]4)c3c2)c1. The summed E-state index contributed by atoms with van der Waals surface area (Å²) in [6.45, 7) is 0.845. The van der Waals surface area contributed by atoms with Crippen molar-refractivity contribution in [1.29, 1.82) is 0 Å². The van der Waals surface area contributed by atoms with E-state index in [1.807, 2.05) is 48.8 Å². The Morgan fingerprint density at radius 3 is 2.68 bits per heavy atom. The zero-order chi connectivity index (χ0) is 23.1. The van der Waals surface area contributed by atoms with Crippen molar-refractivity contribution >= 4 is 21.9 Å². The number of pyridine rings is 2. The Hall–Kier alpha value is -4.36. The molecular weight excluding hydrogens is 422 g/mol. The van der Waals surface area contributed by atoms with E-state index >= 15 is 0 Å². The topological polar surface area (TPSA) is 86.4 Å². The van der Waals surface area contributed by atoms with Gasteiger partial charge in [-0.25, -0.2) is 4.98 Å². The molecule has 4 aromatic heterocycles. The number of rotatable bonds is 5. The van der Waals surface area contributed by atoms with Crippen LogP contribution in [0.2, 0.25) is 0 Å². The molecule has 0 saturated heterocycles. The van der Waals surface area contributed by atoms with Gasteiger partial charge in [-0.15, -0.1) is 0 Å². The summed E-state index contributed by atoms with van der Waals surface area (Å²) in [6.07, 6.45) is 5.62. The first-order chi connectivity index (χ1) is 16.7. The molecule has 0 spiro atoms. The summed E-state index contributed by atoms with van der Waals surface area (Å²) in [5, 5.41) is 8.76. The smallest absolute Gasteiger partial charge is 0.159 e. The van der Waals surface area contributed by atoms with Gasteiger partial charge in [0.25, 0.3) is 0 Å². The number of nitrogens with zero attached hydrogens (tertiary/aromatic N) is 5. The van der Waals surface area contributed by atoms with Crippen molar-refractivity contribution in [3.8, 4) is 33.9 Å². The number of para-hydroxylation sites is 1. The zero-order valence-corrected chi connectivity index (χ0v) is 18.9. The van der Waals surface area contributed by atoms with Crippen LogP contribution in [0, 0.1) is 0 Å². The molecule has 0 atom stereocenters. The number of H-pyrrole nitrogens is 2. The monoisotopic (exact) mass is 445 g/mol. The molecule has 0 saturated carbocycles. The minimum absolute atomic E-state index is 0.723. The molecule has 2 aromatic carbocycles. The van der Waals surface area contributed by atoms with Crippen molar-refractivity contribution in [1.82, 2.24) is 35.0 Å². The van der Waals surface area contributed by atoms with Gasteiger partial charge in [0.15, 0.2) is 5.82 Å². The van der Waals surface area contributed by atoms with Gasteiger partial charge in [0.05, 0.1) is 22.2 Å². The molecule has 0 fully saturated rings. The van der Waals surface area contributed by atoms with E-state index < -0.39 is 0 Å². The summed E-state index contributed by atoms with van der Waals surface area (Å²) in [5.74, 6) is 0.723. The number of hydrogen-bond acceptors (Lipinski definition) is 5. The van der Waals surface area contributed by atoms with Crippen LogP contribution < -0.4 is 0 Å². The molecule has 0 bridgehead atoms. The molecule has 6 aromatic rings. The first-order valence-electron chi connectivity index (χ1n) is 11.1. The maximum absolute atomic E-state index is 4.93. The number of hydrogen-bond donors (Lipinski definition) is 2. The molecule has 34 heavy (non-hydrogen) atoms. The lowest BCUT2D eigenvalue weighted by Crippen LogP contribution is -2.10.